The van der Waals surface area contributed by atoms with Gasteiger partial charge in [-0.05, 0) is 30.5 Å². The summed E-state index contributed by atoms with van der Waals surface area (Å²) in [5.74, 6) is -5.77. The minimum atomic E-state index is -4.06. The lowest BCUT2D eigenvalue weighted by molar-refractivity contribution is 0.0628. The number of sulfonamides is 1. The van der Waals surface area contributed by atoms with Gasteiger partial charge in [0.25, 0.3) is 5.91 Å². The number of hydrogen-bond donors (Lipinski definition) is 4. The fraction of sp³-hybridized carbons (Fsp3) is 0.316. The molecule has 1 amide bonds. The molecule has 1 fully saturated rings. The molecule has 2 aromatic carbocycles. The van der Waals surface area contributed by atoms with Crippen LogP contribution in [0.5, 0.6) is 0 Å². The van der Waals surface area contributed by atoms with E-state index in [-0.39, 0.29) is 46.6 Å². The highest BCUT2D eigenvalue weighted by atomic mass is 35.5. The molecule has 0 aromatic heterocycles. The molecular formula is C19H20ClF3N2O4S3. The quantitative estimate of drug-likeness (QED) is 0.273. The van der Waals surface area contributed by atoms with Crippen LogP contribution in [0.2, 0.25) is 5.02 Å². The number of rotatable bonds is 4. The minimum Gasteiger partial charge on any atom is -0.393 e. The summed E-state index contributed by atoms with van der Waals surface area (Å²) in [5, 5.41) is 11.9. The van der Waals surface area contributed by atoms with Gasteiger partial charge in [-0.1, -0.05) is 18.5 Å². The Morgan fingerprint density at radius 1 is 1.19 bits per heavy atom. The average Bonchev–Trinajstić information content (AvgIpc) is 2.75. The molecule has 0 radical (unpaired) electrons. The van der Waals surface area contributed by atoms with Crippen molar-refractivity contribution in [2.45, 2.75) is 24.3 Å². The van der Waals surface area contributed by atoms with E-state index in [0.717, 1.165) is 6.07 Å². The van der Waals surface area contributed by atoms with Crippen LogP contribution >= 0.6 is 34.9 Å². The number of halogens is 4. The molecule has 13 heteroatoms. The van der Waals surface area contributed by atoms with Gasteiger partial charge in [0.2, 0.25) is 10.0 Å². The predicted octanol–water partition coefficient (Wildman–Crippen LogP) is 4.16. The van der Waals surface area contributed by atoms with E-state index in [1.807, 2.05) is 0 Å². The Kier molecular flexibility index (Phi) is 9.32. The van der Waals surface area contributed by atoms with Gasteiger partial charge >= 0.3 is 0 Å². The van der Waals surface area contributed by atoms with Gasteiger partial charge in [-0.15, -0.1) is 23.3 Å². The van der Waals surface area contributed by atoms with E-state index < -0.39 is 39.5 Å². The Bertz CT molecular complexity index is 1080. The van der Waals surface area contributed by atoms with E-state index in [9.17, 15) is 31.5 Å². The summed E-state index contributed by atoms with van der Waals surface area (Å²) in [6, 6.07) is 4.72. The molecule has 0 saturated carbocycles. The highest BCUT2D eigenvalue weighted by molar-refractivity contribution is 8.59. The lowest BCUT2D eigenvalue weighted by atomic mass is 9.99. The van der Waals surface area contributed by atoms with Gasteiger partial charge in [0, 0.05) is 36.5 Å². The third-order valence-electron chi connectivity index (χ3n) is 4.88. The number of aliphatic hydroxyl groups is 1. The second-order valence-corrected chi connectivity index (χ2v) is 9.36. The number of amides is 1. The lowest BCUT2D eigenvalue weighted by Crippen LogP contribution is -2.44. The van der Waals surface area contributed by atoms with Gasteiger partial charge in [0.15, 0.2) is 17.5 Å². The van der Waals surface area contributed by atoms with Crippen LogP contribution in [0.4, 0.5) is 18.9 Å². The highest BCUT2D eigenvalue weighted by Gasteiger charge is 2.34. The molecule has 1 aliphatic rings. The number of piperidine rings is 1. The average molecular weight is 529 g/mol. The van der Waals surface area contributed by atoms with E-state index in [1.165, 1.54) is 16.4 Å². The van der Waals surface area contributed by atoms with Crippen molar-refractivity contribution in [2.24, 2.45) is 5.92 Å². The van der Waals surface area contributed by atoms with Crippen molar-refractivity contribution in [3.05, 3.63) is 58.4 Å². The Morgan fingerprint density at radius 2 is 1.78 bits per heavy atom. The van der Waals surface area contributed by atoms with Crippen LogP contribution in [0.25, 0.3) is 0 Å². The highest BCUT2D eigenvalue weighted by Crippen LogP contribution is 2.29. The van der Waals surface area contributed by atoms with Crippen LogP contribution in [-0.2, 0) is 10.0 Å². The summed E-state index contributed by atoms with van der Waals surface area (Å²) < 4.78 is 66.9. The summed E-state index contributed by atoms with van der Waals surface area (Å²) in [6.45, 7) is 1.90. The number of carbonyl (C=O) groups excluding carboxylic acids is 1. The fourth-order valence-corrected chi connectivity index (χ4v) is 5.18. The second-order valence-electron chi connectivity index (χ2n) is 7.05. The summed E-state index contributed by atoms with van der Waals surface area (Å²) >= 11 is 12.5. The Balaban J connectivity index is 0.00000176. The molecule has 1 saturated heterocycles. The second kappa shape index (κ2) is 11.1. The molecule has 1 heterocycles. The maximum Gasteiger partial charge on any atom is 0.255 e. The molecule has 2 unspecified atom stereocenters. The number of carbonyl (C=O) groups is 1. The van der Waals surface area contributed by atoms with Gasteiger partial charge in [0.1, 0.15) is 4.90 Å². The zero-order chi connectivity index (χ0) is 24.2. The van der Waals surface area contributed by atoms with Gasteiger partial charge in [0.05, 0.1) is 11.1 Å². The third kappa shape index (κ3) is 5.91. The van der Waals surface area contributed by atoms with Gasteiger partial charge < -0.3 is 10.4 Å². The molecule has 0 aliphatic carbocycles. The van der Waals surface area contributed by atoms with Crippen molar-refractivity contribution in [1.82, 2.24) is 4.31 Å². The monoisotopic (exact) mass is 528 g/mol. The van der Waals surface area contributed by atoms with Crippen LogP contribution in [0.1, 0.15) is 23.7 Å². The van der Waals surface area contributed by atoms with Crippen LogP contribution in [0.15, 0.2) is 35.2 Å². The number of thiol groups is 2. The first-order valence-electron chi connectivity index (χ1n) is 9.14. The van der Waals surface area contributed by atoms with Crippen LogP contribution in [0, 0.1) is 23.4 Å². The van der Waals surface area contributed by atoms with Crippen molar-refractivity contribution < 1.29 is 31.5 Å². The first-order chi connectivity index (χ1) is 15.0. The van der Waals surface area contributed by atoms with Gasteiger partial charge in [-0.2, -0.15) is 4.31 Å². The molecule has 0 spiro atoms. The molecule has 176 valence electrons. The van der Waals surface area contributed by atoms with E-state index in [2.05, 4.69) is 28.6 Å². The molecule has 1 aliphatic heterocycles. The zero-order valence-electron chi connectivity index (χ0n) is 16.6. The summed E-state index contributed by atoms with van der Waals surface area (Å²) in [5.41, 5.74) is -0.470. The number of aliphatic hydroxyl groups excluding tert-OH is 1. The van der Waals surface area contributed by atoms with Crippen molar-refractivity contribution in [1.29, 1.82) is 0 Å². The minimum absolute atomic E-state index is 0.0877. The summed E-state index contributed by atoms with van der Waals surface area (Å²) in [7, 11) is -4.06. The number of nitrogens with zero attached hydrogens (tertiary/aromatic N) is 1. The number of hydrogen-bond acceptors (Lipinski definition) is 6. The van der Waals surface area contributed by atoms with Crippen molar-refractivity contribution in [2.75, 3.05) is 18.4 Å². The molecule has 6 nitrogen and oxygen atoms in total. The topological polar surface area (TPSA) is 86.7 Å². The summed E-state index contributed by atoms with van der Waals surface area (Å²) in [6.07, 6.45) is -0.347. The van der Waals surface area contributed by atoms with E-state index in [0.29, 0.717) is 12.1 Å². The third-order valence-corrected chi connectivity index (χ3v) is 7.22. The molecule has 2 aromatic rings. The molecule has 3 rings (SSSR count). The van der Waals surface area contributed by atoms with Crippen molar-refractivity contribution in [3.63, 3.8) is 0 Å². The molecule has 0 bridgehead atoms. The fourth-order valence-electron chi connectivity index (χ4n) is 3.13. The van der Waals surface area contributed by atoms with Crippen LogP contribution in [-0.4, -0.2) is 42.9 Å². The molecule has 32 heavy (non-hydrogen) atoms. The summed E-state index contributed by atoms with van der Waals surface area (Å²) in [4.78, 5) is 12.1. The zero-order valence-corrected chi connectivity index (χ0v) is 20.0. The first kappa shape index (κ1) is 26.8. The van der Waals surface area contributed by atoms with Crippen molar-refractivity contribution in [3.8, 4) is 0 Å². The standard InChI is InChI=1S/C19H18ClF3N2O4S.H2S2/c1-10-9-25(5-4-16(10)26)30(28,29)17-6-11(2-3-13(17)20)19(27)24-12-7-14(21)18(23)15(22)8-12;1-2/h2-3,6-8,10,16,26H,4-5,9H2,1H3,(H,24,27);1-2H. The Morgan fingerprint density at radius 3 is 2.34 bits per heavy atom. The van der Waals surface area contributed by atoms with E-state index in [4.69, 9.17) is 11.6 Å². The van der Waals surface area contributed by atoms with E-state index >= 15 is 0 Å². The first-order valence-corrected chi connectivity index (χ1v) is 12.6. The molecule has 2 atom stereocenters. The smallest absolute Gasteiger partial charge is 0.255 e. The maximum atomic E-state index is 13.3. The normalized spacial score (nSPS) is 19.1. The molecule has 2 N–H and O–H groups in total. The lowest BCUT2D eigenvalue weighted by Gasteiger charge is -2.33. The largest absolute Gasteiger partial charge is 0.393 e. The SMILES string of the molecule is CC1CN(S(=O)(=O)c2cc(C(=O)Nc3cc(F)c(F)c(F)c3)ccc2Cl)CCC1O.SS. The van der Waals surface area contributed by atoms with Crippen LogP contribution in [0.3, 0.4) is 0 Å². The number of anilines is 1. The van der Waals surface area contributed by atoms with Crippen molar-refractivity contribution >= 4 is 56.5 Å². The number of benzene rings is 2. The van der Waals surface area contributed by atoms with Crippen LogP contribution < -0.4 is 5.32 Å². The Labute approximate surface area is 199 Å². The Hall–Kier alpha value is -1.44. The predicted molar refractivity (Wildman–Crippen MR) is 122 cm³/mol. The van der Waals surface area contributed by atoms with Gasteiger partial charge in [-0.3, -0.25) is 4.79 Å². The molecular weight excluding hydrogens is 509 g/mol. The van der Waals surface area contributed by atoms with E-state index in [1.54, 1.807) is 6.92 Å². The maximum absolute atomic E-state index is 13.3. The number of nitrogens with one attached hydrogen (secondary N) is 1. The van der Waals surface area contributed by atoms with Gasteiger partial charge in [-0.25, -0.2) is 21.6 Å².